The third kappa shape index (κ3) is 176. The van der Waals surface area contributed by atoms with Crippen LogP contribution in [-0.2, 0) is 17.1 Å². The summed E-state index contributed by atoms with van der Waals surface area (Å²) in [6, 6.07) is 0. The molecular weight excluding hydrogens is 131 g/mol. The van der Waals surface area contributed by atoms with Crippen LogP contribution in [0.3, 0.4) is 0 Å². The van der Waals surface area contributed by atoms with Gasteiger partial charge in [-0.15, -0.1) is 0 Å². The van der Waals surface area contributed by atoms with E-state index in [0.29, 0.717) is 0 Å². The van der Waals surface area contributed by atoms with Crippen molar-refractivity contribution in [1.82, 2.24) is 0 Å². The topological polar surface area (TPSA) is 0 Å². The summed E-state index contributed by atoms with van der Waals surface area (Å²) in [5.41, 5.74) is 0. The van der Waals surface area contributed by atoms with Gasteiger partial charge in [0.2, 0.25) is 0 Å². The van der Waals surface area contributed by atoms with Crippen LogP contribution in [-0.4, -0.2) is 8.41 Å². The van der Waals surface area contributed by atoms with Gasteiger partial charge in [-0.2, -0.15) is 0 Å². The van der Waals surface area contributed by atoms with E-state index in [2.05, 4.69) is 0 Å². The average molecular weight is 134 g/mol. The second-order valence-corrected chi connectivity index (χ2v) is 0. The third-order valence-corrected chi connectivity index (χ3v) is 0. The van der Waals surface area contributed by atoms with E-state index in [4.69, 9.17) is 0 Å². The van der Waals surface area contributed by atoms with Crippen LogP contribution in [0.15, 0.2) is 0 Å². The van der Waals surface area contributed by atoms with Gasteiger partial charge in [0.05, 0.1) is 0 Å². The SMILES string of the molecule is F.F.F.[B].[Cu]. The maximum atomic E-state index is 0. The van der Waals surface area contributed by atoms with Crippen molar-refractivity contribution in [3.05, 3.63) is 0 Å². The van der Waals surface area contributed by atoms with Crippen molar-refractivity contribution < 1.29 is 31.2 Å². The number of hydrogen-bond donors (Lipinski definition) is 0. The van der Waals surface area contributed by atoms with Gasteiger partial charge in [-0.3, -0.25) is 14.1 Å². The van der Waals surface area contributed by atoms with E-state index in [0.717, 1.165) is 0 Å². The summed E-state index contributed by atoms with van der Waals surface area (Å²) in [5.74, 6) is 0. The molecule has 0 amide bonds. The second kappa shape index (κ2) is 355. The van der Waals surface area contributed by atoms with Gasteiger partial charge in [0.25, 0.3) is 0 Å². The minimum atomic E-state index is 0. The van der Waals surface area contributed by atoms with Crippen LogP contribution < -0.4 is 0 Å². The van der Waals surface area contributed by atoms with Gasteiger partial charge >= 0.3 is 0 Å². The average Bonchev–Trinajstić information content (AvgIpc) is 0. The summed E-state index contributed by atoms with van der Waals surface area (Å²) >= 11 is 0. The van der Waals surface area contributed by atoms with Crippen LogP contribution in [0.4, 0.5) is 14.1 Å². The predicted molar refractivity (Wildman–Crippen MR) is 13.3 cm³/mol. The first-order valence-electron chi connectivity index (χ1n) is 0. The molecule has 0 saturated carbocycles. The summed E-state index contributed by atoms with van der Waals surface area (Å²) in [6.45, 7) is 0. The second-order valence-electron chi connectivity index (χ2n) is 0. The van der Waals surface area contributed by atoms with Crippen molar-refractivity contribution in [2.45, 2.75) is 0 Å². The Balaban J connectivity index is 0. The van der Waals surface area contributed by atoms with E-state index in [1.807, 2.05) is 0 Å². The van der Waals surface area contributed by atoms with Gasteiger partial charge in [0.15, 0.2) is 0 Å². The fraction of sp³-hybridized carbons (Fsp3) is 0. The normalized spacial score (nSPS) is 0. The largest absolute Gasteiger partial charge is 0.269 e. The molecule has 0 aliphatic rings. The molecule has 0 aromatic heterocycles. The van der Waals surface area contributed by atoms with Crippen molar-refractivity contribution >= 4 is 8.41 Å². The van der Waals surface area contributed by atoms with Crippen LogP contribution in [0.5, 0.6) is 0 Å². The number of rotatable bonds is 0. The molecule has 0 aromatic rings. The van der Waals surface area contributed by atoms with Crippen LogP contribution in [0.1, 0.15) is 0 Å². The number of hydrogen-bond acceptors (Lipinski definition) is 0. The van der Waals surface area contributed by atoms with E-state index in [9.17, 15) is 0 Å². The molecule has 0 saturated heterocycles. The molecule has 0 N–H and O–H groups in total. The maximum Gasteiger partial charge on any atom is 0 e. The van der Waals surface area contributed by atoms with Crippen LogP contribution in [0, 0.1) is 0 Å². The Morgan fingerprint density at radius 2 is 0.600 bits per heavy atom. The fourth-order valence-corrected chi connectivity index (χ4v) is 0. The predicted octanol–water partition coefficient (Wildman–Crippen LogP) is 0.0742. The minimum absolute atomic E-state index is 0. The molecule has 0 unspecified atom stereocenters. The van der Waals surface area contributed by atoms with Gasteiger partial charge < -0.3 is 0 Å². The Labute approximate surface area is 40.5 Å². The van der Waals surface area contributed by atoms with Crippen LogP contribution in [0.2, 0.25) is 0 Å². The van der Waals surface area contributed by atoms with E-state index in [1.54, 1.807) is 0 Å². The molecular formula is H3BCuF3. The zero-order valence-electron chi connectivity index (χ0n) is 2.10. The smallest absolute Gasteiger partial charge is 0 e. The summed E-state index contributed by atoms with van der Waals surface area (Å²) in [6.07, 6.45) is 0. The van der Waals surface area contributed by atoms with E-state index in [1.165, 1.54) is 0 Å². The van der Waals surface area contributed by atoms with Crippen molar-refractivity contribution in [1.29, 1.82) is 0 Å². The van der Waals surface area contributed by atoms with E-state index >= 15 is 0 Å². The first-order valence-corrected chi connectivity index (χ1v) is 0. The monoisotopic (exact) mass is 134 g/mol. The van der Waals surface area contributed by atoms with Gasteiger partial charge in [-0.1, -0.05) is 0 Å². The summed E-state index contributed by atoms with van der Waals surface area (Å²) in [5, 5.41) is 0. The molecule has 0 nitrogen and oxygen atoms in total. The minimum Gasteiger partial charge on any atom is -0.269 e. The molecule has 0 heterocycles. The molecule has 38 valence electrons. The number of halogens is 3. The van der Waals surface area contributed by atoms with Gasteiger partial charge in [-0.05, 0) is 0 Å². The molecule has 0 rings (SSSR count). The Hall–Kier alpha value is 0.374. The molecule has 0 atom stereocenters. The first-order chi connectivity index (χ1) is 0. The Bertz CT molecular complexity index is 6.85. The van der Waals surface area contributed by atoms with E-state index in [-0.39, 0.29) is 39.6 Å². The molecule has 0 bridgehead atoms. The fourth-order valence-electron chi connectivity index (χ4n) is 0. The maximum absolute atomic E-state index is 0. The first kappa shape index (κ1) is 734. The summed E-state index contributed by atoms with van der Waals surface area (Å²) in [7, 11) is 0. The van der Waals surface area contributed by atoms with Gasteiger partial charge in [0.1, 0.15) is 0 Å². The molecule has 0 aromatic carbocycles. The van der Waals surface area contributed by atoms with Crippen LogP contribution in [0.25, 0.3) is 0 Å². The zero-order chi connectivity index (χ0) is 0. The van der Waals surface area contributed by atoms with Crippen molar-refractivity contribution in [3.8, 4) is 0 Å². The van der Waals surface area contributed by atoms with Gasteiger partial charge in [-0.25, -0.2) is 0 Å². The molecule has 5 heteroatoms. The van der Waals surface area contributed by atoms with E-state index < -0.39 is 0 Å². The molecule has 0 fully saturated rings. The molecule has 0 spiro atoms. The molecule has 0 aliphatic heterocycles. The standard InChI is InChI=1S/B.Cu.3FH/h;;3*1H. The third-order valence-electron chi connectivity index (χ3n) is 0. The Morgan fingerprint density at radius 1 is 0.600 bits per heavy atom. The van der Waals surface area contributed by atoms with Crippen molar-refractivity contribution in [2.75, 3.05) is 0 Å². The van der Waals surface area contributed by atoms with Crippen LogP contribution >= 0.6 is 0 Å². The van der Waals surface area contributed by atoms with Crippen molar-refractivity contribution in [3.63, 3.8) is 0 Å². The molecule has 5 heavy (non-hydrogen) atoms. The zero-order valence-corrected chi connectivity index (χ0v) is 3.05. The van der Waals surface area contributed by atoms with Gasteiger partial charge in [0, 0.05) is 25.5 Å². The van der Waals surface area contributed by atoms with Crippen molar-refractivity contribution in [2.24, 2.45) is 0 Å². The quantitative estimate of drug-likeness (QED) is 0.412. The summed E-state index contributed by atoms with van der Waals surface area (Å²) in [4.78, 5) is 0. The molecule has 0 aliphatic carbocycles. The molecule has 4 radical (unpaired) electrons. The summed E-state index contributed by atoms with van der Waals surface area (Å²) < 4.78 is 0. The Kier molecular flexibility index (Phi) is 52100. The Morgan fingerprint density at radius 3 is 0.600 bits per heavy atom.